The van der Waals surface area contributed by atoms with E-state index in [0.717, 1.165) is 18.5 Å². The highest BCUT2D eigenvalue weighted by atomic mass is 16.3. The van der Waals surface area contributed by atoms with Gasteiger partial charge in [0, 0.05) is 31.9 Å². The van der Waals surface area contributed by atoms with Crippen molar-refractivity contribution in [2.45, 2.75) is 38.8 Å². The molecule has 0 fully saturated rings. The molecular formula is C14H25N3O2. The number of aromatic amines is 1. The maximum absolute atomic E-state index is 11.8. The first kappa shape index (κ1) is 15.7. The van der Waals surface area contributed by atoms with Crippen LogP contribution >= 0.6 is 0 Å². The van der Waals surface area contributed by atoms with E-state index in [1.54, 1.807) is 25.1 Å². The summed E-state index contributed by atoms with van der Waals surface area (Å²) < 4.78 is 0. The summed E-state index contributed by atoms with van der Waals surface area (Å²) in [6.45, 7) is 4.85. The molecule has 1 rings (SSSR count). The van der Waals surface area contributed by atoms with Crippen LogP contribution in [0.3, 0.4) is 0 Å². The standard InChI is InChI=1S/C14H25N3O2/c1-5-14(6-2,10-18)15-9-11-7-8-12(16-11)13(19)17(3)4/h7-8,15-16,18H,5-6,9-10H2,1-4H3. The molecule has 0 atom stereocenters. The maximum atomic E-state index is 11.8. The lowest BCUT2D eigenvalue weighted by atomic mass is 9.94. The number of amides is 1. The third-order valence-electron chi connectivity index (χ3n) is 3.69. The van der Waals surface area contributed by atoms with Gasteiger partial charge in [0.15, 0.2) is 0 Å². The van der Waals surface area contributed by atoms with Crippen LogP contribution in [0.1, 0.15) is 42.9 Å². The summed E-state index contributed by atoms with van der Waals surface area (Å²) in [5, 5.41) is 12.9. The van der Waals surface area contributed by atoms with Crippen LogP contribution in [0.25, 0.3) is 0 Å². The monoisotopic (exact) mass is 267 g/mol. The summed E-state index contributed by atoms with van der Waals surface area (Å²) in [4.78, 5) is 16.4. The zero-order valence-electron chi connectivity index (χ0n) is 12.3. The molecule has 0 aliphatic rings. The van der Waals surface area contributed by atoms with Gasteiger partial charge in [0.2, 0.25) is 0 Å². The molecule has 1 amide bonds. The van der Waals surface area contributed by atoms with Crippen molar-refractivity contribution in [3.8, 4) is 0 Å². The maximum Gasteiger partial charge on any atom is 0.269 e. The van der Waals surface area contributed by atoms with Crippen LogP contribution < -0.4 is 5.32 Å². The van der Waals surface area contributed by atoms with Crippen molar-refractivity contribution in [2.75, 3.05) is 20.7 Å². The van der Waals surface area contributed by atoms with Gasteiger partial charge in [0.1, 0.15) is 5.69 Å². The minimum atomic E-state index is -0.239. The number of H-pyrrole nitrogens is 1. The summed E-state index contributed by atoms with van der Waals surface area (Å²) in [6, 6.07) is 3.69. The van der Waals surface area contributed by atoms with Gasteiger partial charge in [-0.2, -0.15) is 0 Å². The van der Waals surface area contributed by atoms with Crippen LogP contribution in [0.4, 0.5) is 0 Å². The Morgan fingerprint density at radius 2 is 2.00 bits per heavy atom. The molecule has 0 unspecified atom stereocenters. The first-order chi connectivity index (χ1) is 8.98. The average molecular weight is 267 g/mol. The fraction of sp³-hybridized carbons (Fsp3) is 0.643. The molecule has 5 heteroatoms. The fourth-order valence-electron chi connectivity index (χ4n) is 1.97. The highest BCUT2D eigenvalue weighted by Gasteiger charge is 2.24. The van der Waals surface area contributed by atoms with Crippen molar-refractivity contribution in [3.63, 3.8) is 0 Å². The van der Waals surface area contributed by atoms with E-state index in [9.17, 15) is 9.90 Å². The van der Waals surface area contributed by atoms with Gasteiger partial charge in [-0.3, -0.25) is 4.79 Å². The van der Waals surface area contributed by atoms with Crippen molar-refractivity contribution < 1.29 is 9.90 Å². The van der Waals surface area contributed by atoms with Gasteiger partial charge >= 0.3 is 0 Å². The molecule has 0 spiro atoms. The zero-order valence-corrected chi connectivity index (χ0v) is 12.3. The molecule has 0 aliphatic carbocycles. The molecule has 1 aromatic rings. The molecule has 3 N–H and O–H groups in total. The molecule has 0 bridgehead atoms. The van der Waals surface area contributed by atoms with E-state index in [-0.39, 0.29) is 18.1 Å². The van der Waals surface area contributed by atoms with Gasteiger partial charge < -0.3 is 20.3 Å². The molecule has 1 heterocycles. The second kappa shape index (κ2) is 6.73. The Morgan fingerprint density at radius 1 is 1.37 bits per heavy atom. The number of carbonyl (C=O) groups is 1. The molecule has 1 aromatic heterocycles. The van der Waals surface area contributed by atoms with E-state index in [0.29, 0.717) is 12.2 Å². The first-order valence-electron chi connectivity index (χ1n) is 6.73. The Balaban J connectivity index is 2.66. The molecule has 5 nitrogen and oxygen atoms in total. The topological polar surface area (TPSA) is 68.4 Å². The number of hydrogen-bond acceptors (Lipinski definition) is 3. The van der Waals surface area contributed by atoms with E-state index in [4.69, 9.17) is 0 Å². The van der Waals surface area contributed by atoms with Crippen LogP contribution in [0.15, 0.2) is 12.1 Å². The smallest absolute Gasteiger partial charge is 0.269 e. The summed E-state index contributed by atoms with van der Waals surface area (Å²) in [6.07, 6.45) is 1.73. The third-order valence-corrected chi connectivity index (χ3v) is 3.69. The van der Waals surface area contributed by atoms with Gasteiger partial charge in [-0.25, -0.2) is 0 Å². The predicted molar refractivity (Wildman–Crippen MR) is 76.0 cm³/mol. The molecule has 19 heavy (non-hydrogen) atoms. The number of nitrogens with one attached hydrogen (secondary N) is 2. The number of aromatic nitrogens is 1. The average Bonchev–Trinajstić information content (AvgIpc) is 2.89. The quantitative estimate of drug-likeness (QED) is 0.698. The molecule has 0 saturated heterocycles. The van der Waals surface area contributed by atoms with Crippen LogP contribution in [0.5, 0.6) is 0 Å². The van der Waals surface area contributed by atoms with Gasteiger partial charge in [-0.1, -0.05) is 13.8 Å². The fourth-order valence-corrected chi connectivity index (χ4v) is 1.97. The molecule has 0 radical (unpaired) electrons. The molecule has 0 aromatic carbocycles. The Labute approximate surface area is 115 Å². The summed E-state index contributed by atoms with van der Waals surface area (Å²) >= 11 is 0. The van der Waals surface area contributed by atoms with E-state index < -0.39 is 0 Å². The van der Waals surface area contributed by atoms with E-state index in [1.807, 2.05) is 6.07 Å². The van der Waals surface area contributed by atoms with Crippen LogP contribution in [-0.4, -0.2) is 47.1 Å². The van der Waals surface area contributed by atoms with Gasteiger partial charge in [0.05, 0.1) is 6.61 Å². The van der Waals surface area contributed by atoms with Crippen molar-refractivity contribution >= 4 is 5.91 Å². The molecular weight excluding hydrogens is 242 g/mol. The van der Waals surface area contributed by atoms with Crippen LogP contribution in [-0.2, 0) is 6.54 Å². The third kappa shape index (κ3) is 3.81. The second-order valence-electron chi connectivity index (χ2n) is 5.10. The molecule has 0 aliphatic heterocycles. The SMILES string of the molecule is CCC(CC)(CO)NCc1ccc(C(=O)N(C)C)[nH]1. The zero-order chi connectivity index (χ0) is 14.5. The lowest BCUT2D eigenvalue weighted by Crippen LogP contribution is -2.47. The minimum absolute atomic E-state index is 0.0364. The van der Waals surface area contributed by atoms with E-state index in [2.05, 4.69) is 24.1 Å². The van der Waals surface area contributed by atoms with E-state index >= 15 is 0 Å². The van der Waals surface area contributed by atoms with E-state index in [1.165, 1.54) is 0 Å². The van der Waals surface area contributed by atoms with Crippen molar-refractivity contribution in [2.24, 2.45) is 0 Å². The van der Waals surface area contributed by atoms with Crippen molar-refractivity contribution in [3.05, 3.63) is 23.5 Å². The lowest BCUT2D eigenvalue weighted by molar-refractivity contribution is 0.0822. The Hall–Kier alpha value is -1.33. The van der Waals surface area contributed by atoms with Gasteiger partial charge in [-0.05, 0) is 25.0 Å². The number of aliphatic hydroxyl groups is 1. The normalized spacial score (nSPS) is 11.6. The predicted octanol–water partition coefficient (Wildman–Crippen LogP) is 1.36. The lowest BCUT2D eigenvalue weighted by Gasteiger charge is -2.30. The van der Waals surface area contributed by atoms with Crippen molar-refractivity contribution in [1.29, 1.82) is 0 Å². The highest BCUT2D eigenvalue weighted by Crippen LogP contribution is 2.15. The Bertz CT molecular complexity index is 400. The molecule has 0 saturated carbocycles. The van der Waals surface area contributed by atoms with Crippen LogP contribution in [0, 0.1) is 0 Å². The summed E-state index contributed by atoms with van der Waals surface area (Å²) in [5.41, 5.74) is 1.30. The van der Waals surface area contributed by atoms with Crippen molar-refractivity contribution in [1.82, 2.24) is 15.2 Å². The molecule has 108 valence electrons. The highest BCUT2D eigenvalue weighted by molar-refractivity contribution is 5.92. The Morgan fingerprint density at radius 3 is 2.47 bits per heavy atom. The summed E-state index contributed by atoms with van der Waals surface area (Å²) in [7, 11) is 3.46. The number of rotatable bonds is 7. The van der Waals surface area contributed by atoms with Gasteiger partial charge in [0.25, 0.3) is 5.91 Å². The van der Waals surface area contributed by atoms with Gasteiger partial charge in [-0.15, -0.1) is 0 Å². The number of nitrogens with zero attached hydrogens (tertiary/aromatic N) is 1. The summed E-state index contributed by atoms with van der Waals surface area (Å²) in [5.74, 6) is -0.0364. The number of hydrogen-bond donors (Lipinski definition) is 3. The minimum Gasteiger partial charge on any atom is -0.394 e. The number of carbonyl (C=O) groups excluding carboxylic acids is 1. The first-order valence-corrected chi connectivity index (χ1v) is 6.73. The number of aliphatic hydroxyl groups excluding tert-OH is 1. The second-order valence-corrected chi connectivity index (χ2v) is 5.10. The largest absolute Gasteiger partial charge is 0.394 e. The van der Waals surface area contributed by atoms with Crippen LogP contribution in [0.2, 0.25) is 0 Å². The Kier molecular flexibility index (Phi) is 5.57.